The number of hydrogen-bond acceptors (Lipinski definition) is 5. The zero-order valence-corrected chi connectivity index (χ0v) is 15.7. The second kappa shape index (κ2) is 10.0. The molecule has 0 aliphatic rings. The van der Waals surface area contributed by atoms with Crippen molar-refractivity contribution in [3.63, 3.8) is 0 Å². The van der Waals surface area contributed by atoms with Crippen molar-refractivity contribution < 1.29 is 23.9 Å². The predicted octanol–water partition coefficient (Wildman–Crippen LogP) is 1.72. The maximum atomic E-state index is 12.3. The molecule has 28 heavy (non-hydrogen) atoms. The minimum atomic E-state index is -0.694. The molecule has 0 bridgehead atoms. The van der Waals surface area contributed by atoms with Crippen LogP contribution in [-0.4, -0.2) is 42.8 Å². The lowest BCUT2D eigenvalue weighted by atomic mass is 10.0. The number of hydrogen-bond donors (Lipinski definition) is 2. The molecule has 0 radical (unpaired) electrons. The van der Waals surface area contributed by atoms with Gasteiger partial charge in [-0.05, 0) is 26.0 Å². The third-order valence-corrected chi connectivity index (χ3v) is 3.65. The molecule has 0 aliphatic carbocycles. The molecule has 0 unspecified atom stereocenters. The van der Waals surface area contributed by atoms with Gasteiger partial charge in [-0.3, -0.25) is 14.4 Å². The third-order valence-electron chi connectivity index (χ3n) is 3.65. The second-order valence-electron chi connectivity index (χ2n) is 6.35. The van der Waals surface area contributed by atoms with Gasteiger partial charge in [-0.25, -0.2) is 4.79 Å². The average Bonchev–Trinajstić information content (AvgIpc) is 2.70. The number of ether oxygens (including phenoxy) is 1. The van der Waals surface area contributed by atoms with Crippen molar-refractivity contribution in [3.05, 3.63) is 71.3 Å². The van der Waals surface area contributed by atoms with Crippen molar-refractivity contribution in [1.82, 2.24) is 10.6 Å². The molecule has 0 atom stereocenters. The summed E-state index contributed by atoms with van der Waals surface area (Å²) >= 11 is 0. The minimum absolute atomic E-state index is 0.0287. The summed E-state index contributed by atoms with van der Waals surface area (Å²) in [5, 5.41) is 4.99. The number of rotatable bonds is 8. The first-order valence-corrected chi connectivity index (χ1v) is 8.80. The first-order valence-electron chi connectivity index (χ1n) is 8.80. The summed E-state index contributed by atoms with van der Waals surface area (Å²) in [5.41, 5.74) is 1.21. The Morgan fingerprint density at radius 3 is 2.00 bits per heavy atom. The van der Waals surface area contributed by atoms with Gasteiger partial charge in [0.25, 0.3) is 5.91 Å². The predicted molar refractivity (Wildman–Crippen MR) is 103 cm³/mol. The van der Waals surface area contributed by atoms with Crippen molar-refractivity contribution in [2.45, 2.75) is 19.9 Å². The first kappa shape index (κ1) is 20.8. The molecule has 0 saturated heterocycles. The van der Waals surface area contributed by atoms with Crippen LogP contribution in [0.5, 0.6) is 0 Å². The van der Waals surface area contributed by atoms with Gasteiger partial charge in [-0.2, -0.15) is 0 Å². The highest BCUT2D eigenvalue weighted by atomic mass is 16.5. The average molecular weight is 382 g/mol. The molecule has 2 N–H and O–H groups in total. The van der Waals surface area contributed by atoms with Gasteiger partial charge in [0, 0.05) is 17.2 Å². The van der Waals surface area contributed by atoms with E-state index in [1.807, 2.05) is 6.07 Å². The SMILES string of the molecule is CC(C)NC(=O)CNC(=O)COC(=O)c1ccc(C(=O)c2ccccc2)cc1. The van der Waals surface area contributed by atoms with Crippen molar-refractivity contribution >= 4 is 23.6 Å². The fraction of sp³-hybridized carbons (Fsp3) is 0.238. The fourth-order valence-corrected chi connectivity index (χ4v) is 2.33. The van der Waals surface area contributed by atoms with Crippen molar-refractivity contribution in [2.75, 3.05) is 13.2 Å². The van der Waals surface area contributed by atoms with E-state index < -0.39 is 18.5 Å². The molecule has 0 aliphatic heterocycles. The lowest BCUT2D eigenvalue weighted by Gasteiger charge is -2.09. The van der Waals surface area contributed by atoms with Crippen LogP contribution in [0.25, 0.3) is 0 Å². The highest BCUT2D eigenvalue weighted by Crippen LogP contribution is 2.11. The van der Waals surface area contributed by atoms with Gasteiger partial charge in [0.2, 0.25) is 5.91 Å². The smallest absolute Gasteiger partial charge is 0.338 e. The van der Waals surface area contributed by atoms with E-state index in [1.54, 1.807) is 38.1 Å². The number of nitrogens with one attached hydrogen (secondary N) is 2. The Hall–Kier alpha value is -3.48. The molecule has 7 heteroatoms. The Kier molecular flexibility index (Phi) is 7.45. The van der Waals surface area contributed by atoms with Crippen LogP contribution in [0.15, 0.2) is 54.6 Å². The summed E-state index contributed by atoms with van der Waals surface area (Å²) in [6.07, 6.45) is 0. The molecule has 7 nitrogen and oxygen atoms in total. The van der Waals surface area contributed by atoms with Gasteiger partial charge in [0.15, 0.2) is 12.4 Å². The van der Waals surface area contributed by atoms with Crippen LogP contribution < -0.4 is 10.6 Å². The zero-order valence-electron chi connectivity index (χ0n) is 15.7. The van der Waals surface area contributed by atoms with Crippen LogP contribution in [0, 0.1) is 0 Å². The maximum Gasteiger partial charge on any atom is 0.338 e. The number of benzene rings is 2. The van der Waals surface area contributed by atoms with E-state index in [1.165, 1.54) is 24.3 Å². The highest BCUT2D eigenvalue weighted by Gasteiger charge is 2.13. The van der Waals surface area contributed by atoms with Crippen molar-refractivity contribution in [3.8, 4) is 0 Å². The molecular weight excluding hydrogens is 360 g/mol. The molecule has 0 spiro atoms. The Morgan fingerprint density at radius 1 is 0.821 bits per heavy atom. The topological polar surface area (TPSA) is 102 Å². The summed E-state index contributed by atoms with van der Waals surface area (Å²) in [6, 6.07) is 14.8. The van der Waals surface area contributed by atoms with Gasteiger partial charge >= 0.3 is 5.97 Å². The summed E-state index contributed by atoms with van der Waals surface area (Å²) < 4.78 is 4.92. The van der Waals surface area contributed by atoms with Gasteiger partial charge in [0.1, 0.15) is 0 Å². The van der Waals surface area contributed by atoms with E-state index in [2.05, 4.69) is 10.6 Å². The van der Waals surface area contributed by atoms with Gasteiger partial charge in [0.05, 0.1) is 12.1 Å². The summed E-state index contributed by atoms with van der Waals surface area (Å²) in [6.45, 7) is 2.92. The highest BCUT2D eigenvalue weighted by molar-refractivity contribution is 6.09. The molecule has 0 aromatic heterocycles. The lowest BCUT2D eigenvalue weighted by molar-refractivity contribution is -0.128. The van der Waals surface area contributed by atoms with E-state index in [0.29, 0.717) is 11.1 Å². The number of carbonyl (C=O) groups is 4. The molecule has 0 heterocycles. The third kappa shape index (κ3) is 6.35. The van der Waals surface area contributed by atoms with Crippen LogP contribution in [0.3, 0.4) is 0 Å². The Balaban J connectivity index is 1.83. The van der Waals surface area contributed by atoms with Gasteiger partial charge < -0.3 is 15.4 Å². The standard InChI is InChI=1S/C21H22N2O5/c1-14(2)23-18(24)12-22-19(25)13-28-21(27)17-10-8-16(9-11-17)20(26)15-6-4-3-5-7-15/h3-11,14H,12-13H2,1-2H3,(H,22,25)(H,23,24). The normalized spacial score (nSPS) is 10.2. The molecule has 0 saturated carbocycles. The van der Waals surface area contributed by atoms with Crippen molar-refractivity contribution in [1.29, 1.82) is 0 Å². The van der Waals surface area contributed by atoms with E-state index in [9.17, 15) is 19.2 Å². The van der Waals surface area contributed by atoms with Crippen LogP contribution in [0.1, 0.15) is 40.1 Å². The molecule has 2 aromatic rings. The second-order valence-corrected chi connectivity index (χ2v) is 6.35. The largest absolute Gasteiger partial charge is 0.452 e. The number of esters is 1. The Morgan fingerprint density at radius 2 is 1.39 bits per heavy atom. The van der Waals surface area contributed by atoms with Crippen LogP contribution in [0.4, 0.5) is 0 Å². The monoisotopic (exact) mass is 382 g/mol. The molecule has 2 rings (SSSR count). The van der Waals surface area contributed by atoms with Crippen molar-refractivity contribution in [2.24, 2.45) is 0 Å². The van der Waals surface area contributed by atoms with Crippen LogP contribution in [-0.2, 0) is 14.3 Å². The summed E-state index contributed by atoms with van der Waals surface area (Å²) in [5.74, 6) is -1.75. The van der Waals surface area contributed by atoms with E-state index >= 15 is 0 Å². The van der Waals surface area contributed by atoms with Gasteiger partial charge in [-0.15, -0.1) is 0 Å². The van der Waals surface area contributed by atoms with Crippen LogP contribution in [0.2, 0.25) is 0 Å². The molecular formula is C21H22N2O5. The lowest BCUT2D eigenvalue weighted by Crippen LogP contribution is -2.41. The fourth-order valence-electron chi connectivity index (χ4n) is 2.33. The number of ketones is 1. The van der Waals surface area contributed by atoms with E-state index in [4.69, 9.17) is 4.74 Å². The van der Waals surface area contributed by atoms with E-state index in [-0.39, 0.29) is 29.8 Å². The Labute approximate surface area is 163 Å². The molecule has 146 valence electrons. The van der Waals surface area contributed by atoms with Gasteiger partial charge in [-0.1, -0.05) is 42.5 Å². The first-order chi connectivity index (χ1) is 13.4. The summed E-state index contributed by atoms with van der Waals surface area (Å²) in [4.78, 5) is 47.5. The quantitative estimate of drug-likeness (QED) is 0.535. The molecule has 2 aromatic carbocycles. The molecule has 0 fully saturated rings. The van der Waals surface area contributed by atoms with Crippen LogP contribution >= 0.6 is 0 Å². The summed E-state index contributed by atoms with van der Waals surface area (Å²) in [7, 11) is 0. The number of amides is 2. The Bertz CT molecular complexity index is 845. The minimum Gasteiger partial charge on any atom is -0.452 e. The zero-order chi connectivity index (χ0) is 20.5. The number of carbonyl (C=O) groups excluding carboxylic acids is 4. The molecule has 2 amide bonds. The van der Waals surface area contributed by atoms with E-state index in [0.717, 1.165) is 0 Å². The maximum absolute atomic E-state index is 12.3.